The fourth-order valence-corrected chi connectivity index (χ4v) is 5.46. The molecule has 5 rings (SSSR count). The van der Waals surface area contributed by atoms with Gasteiger partial charge in [-0.15, -0.1) is 0 Å². The van der Waals surface area contributed by atoms with Crippen LogP contribution in [0.3, 0.4) is 0 Å². The molecule has 0 aromatic rings. The Balaban J connectivity index is 1.82. The maximum atomic E-state index is 11.8. The lowest BCUT2D eigenvalue weighted by molar-refractivity contribution is -0.138. The Hall–Kier alpha value is -0.790. The molecule has 5 aliphatic rings. The molecule has 0 aromatic heterocycles. The maximum Gasteiger partial charge on any atom is 0.333 e. The van der Waals surface area contributed by atoms with E-state index < -0.39 is 0 Å². The van der Waals surface area contributed by atoms with E-state index in [4.69, 9.17) is 4.74 Å². The number of rotatable bonds is 1. The van der Waals surface area contributed by atoms with E-state index in [0.29, 0.717) is 5.92 Å². The Labute approximate surface area is 96.0 Å². The molecule has 0 heterocycles. The molecule has 3 saturated carbocycles. The van der Waals surface area contributed by atoms with Crippen molar-refractivity contribution in [1.29, 1.82) is 0 Å². The zero-order valence-corrected chi connectivity index (χ0v) is 9.69. The van der Waals surface area contributed by atoms with E-state index in [1.807, 2.05) is 0 Å². The molecule has 16 heavy (non-hydrogen) atoms. The van der Waals surface area contributed by atoms with Gasteiger partial charge in [-0.25, -0.2) is 4.79 Å². The quantitative estimate of drug-likeness (QED) is 0.632. The number of esters is 1. The molecule has 3 fully saturated rings. The second-order valence-electron chi connectivity index (χ2n) is 6.03. The zero-order chi connectivity index (χ0) is 10.9. The lowest BCUT2D eigenvalue weighted by Crippen LogP contribution is -2.43. The normalized spacial score (nSPS) is 51.7. The number of methoxy groups -OCH3 is 1. The summed E-state index contributed by atoms with van der Waals surface area (Å²) in [6, 6.07) is 0. The monoisotopic (exact) mass is 218 g/mol. The van der Waals surface area contributed by atoms with Crippen LogP contribution in [0.4, 0.5) is 0 Å². The van der Waals surface area contributed by atoms with Crippen LogP contribution in [-0.4, -0.2) is 13.1 Å². The lowest BCUT2D eigenvalue weighted by atomic mass is 9.58. The number of carbonyl (C=O) groups is 1. The van der Waals surface area contributed by atoms with Crippen LogP contribution in [0.15, 0.2) is 11.6 Å². The first-order valence-electron chi connectivity index (χ1n) is 6.61. The summed E-state index contributed by atoms with van der Waals surface area (Å²) in [4.78, 5) is 11.8. The Morgan fingerprint density at radius 2 is 1.69 bits per heavy atom. The summed E-state index contributed by atoms with van der Waals surface area (Å²) in [7, 11) is 1.52. The predicted molar refractivity (Wildman–Crippen MR) is 59.5 cm³/mol. The molecule has 5 aliphatic carbocycles. The minimum Gasteiger partial charge on any atom is -0.466 e. The number of hydrogen-bond acceptors (Lipinski definition) is 2. The molecule has 0 N–H and O–H groups in total. The highest BCUT2D eigenvalue weighted by Crippen LogP contribution is 2.66. The highest BCUT2D eigenvalue weighted by atomic mass is 16.5. The third-order valence-electron chi connectivity index (χ3n) is 5.83. The van der Waals surface area contributed by atoms with E-state index in [1.54, 1.807) is 0 Å². The molecule has 0 saturated heterocycles. The summed E-state index contributed by atoms with van der Waals surface area (Å²) in [6.07, 6.45) is 7.84. The Kier molecular flexibility index (Phi) is 1.68. The van der Waals surface area contributed by atoms with Crippen molar-refractivity contribution in [2.75, 3.05) is 7.11 Å². The molecule has 0 spiro atoms. The van der Waals surface area contributed by atoms with E-state index in [2.05, 4.69) is 6.08 Å². The van der Waals surface area contributed by atoms with E-state index in [0.717, 1.165) is 35.2 Å². The molecule has 2 nitrogen and oxygen atoms in total. The Morgan fingerprint density at radius 3 is 2.25 bits per heavy atom. The Morgan fingerprint density at radius 1 is 1.12 bits per heavy atom. The molecule has 0 aromatic carbocycles. The fraction of sp³-hybridized carbons (Fsp3) is 0.786. The molecule has 86 valence electrons. The van der Waals surface area contributed by atoms with Crippen molar-refractivity contribution in [3.8, 4) is 0 Å². The van der Waals surface area contributed by atoms with Gasteiger partial charge >= 0.3 is 5.97 Å². The van der Waals surface area contributed by atoms with Crippen molar-refractivity contribution in [3.05, 3.63) is 11.6 Å². The van der Waals surface area contributed by atoms with Crippen molar-refractivity contribution < 1.29 is 9.53 Å². The SMILES string of the molecule is COC(=O)C1=CC2[C@H]3CC[C@@H]2[C@@H]2CC[C@H]3C12. The highest BCUT2D eigenvalue weighted by molar-refractivity contribution is 5.89. The van der Waals surface area contributed by atoms with Gasteiger partial charge in [-0.2, -0.15) is 0 Å². The molecule has 2 unspecified atom stereocenters. The number of allylic oxidation sites excluding steroid dienone is 1. The predicted octanol–water partition coefficient (Wildman–Crippen LogP) is 2.40. The molecule has 0 aliphatic heterocycles. The fourth-order valence-electron chi connectivity index (χ4n) is 5.46. The van der Waals surface area contributed by atoms with Crippen molar-refractivity contribution in [3.63, 3.8) is 0 Å². The first kappa shape index (κ1) is 9.26. The van der Waals surface area contributed by atoms with Crippen LogP contribution in [0.1, 0.15) is 25.7 Å². The average molecular weight is 218 g/mol. The minimum absolute atomic E-state index is 0.0503. The van der Waals surface area contributed by atoms with Crippen molar-refractivity contribution in [2.45, 2.75) is 25.7 Å². The van der Waals surface area contributed by atoms with Gasteiger partial charge in [0.1, 0.15) is 0 Å². The van der Waals surface area contributed by atoms with Gasteiger partial charge in [-0.1, -0.05) is 6.08 Å². The van der Waals surface area contributed by atoms with Crippen molar-refractivity contribution in [1.82, 2.24) is 0 Å². The van der Waals surface area contributed by atoms with E-state index in [-0.39, 0.29) is 5.97 Å². The second-order valence-corrected chi connectivity index (χ2v) is 6.03. The Bertz CT molecular complexity index is 364. The third kappa shape index (κ3) is 0.884. The van der Waals surface area contributed by atoms with Gasteiger partial charge in [0.2, 0.25) is 0 Å². The molecular formula is C14H18O2. The molecule has 6 atom stereocenters. The second kappa shape index (κ2) is 2.91. The van der Waals surface area contributed by atoms with Crippen LogP contribution in [0.2, 0.25) is 0 Å². The van der Waals surface area contributed by atoms with Crippen LogP contribution in [-0.2, 0) is 9.53 Å². The average Bonchev–Trinajstić information content (AvgIpc) is 2.82. The first-order valence-corrected chi connectivity index (χ1v) is 6.61. The van der Waals surface area contributed by atoms with Gasteiger partial charge in [-0.05, 0) is 61.2 Å². The molecule has 6 bridgehead atoms. The van der Waals surface area contributed by atoms with Crippen LogP contribution >= 0.6 is 0 Å². The zero-order valence-electron chi connectivity index (χ0n) is 9.69. The van der Waals surface area contributed by atoms with Gasteiger partial charge in [0.25, 0.3) is 0 Å². The summed E-state index contributed by atoms with van der Waals surface area (Å²) in [5.41, 5.74) is 1.04. The highest BCUT2D eigenvalue weighted by Gasteiger charge is 2.60. The minimum atomic E-state index is -0.0503. The van der Waals surface area contributed by atoms with Gasteiger partial charge in [0.15, 0.2) is 0 Å². The summed E-state index contributed by atoms with van der Waals surface area (Å²) >= 11 is 0. The topological polar surface area (TPSA) is 26.3 Å². The van der Waals surface area contributed by atoms with Crippen LogP contribution < -0.4 is 0 Å². The largest absolute Gasteiger partial charge is 0.466 e. The van der Waals surface area contributed by atoms with Crippen molar-refractivity contribution in [2.24, 2.45) is 35.5 Å². The van der Waals surface area contributed by atoms with Gasteiger partial charge in [-0.3, -0.25) is 0 Å². The van der Waals surface area contributed by atoms with Gasteiger partial charge < -0.3 is 4.74 Å². The van der Waals surface area contributed by atoms with E-state index in [9.17, 15) is 4.79 Å². The summed E-state index contributed by atoms with van der Waals surface area (Å²) in [6.45, 7) is 0. The van der Waals surface area contributed by atoms with Crippen molar-refractivity contribution >= 4 is 5.97 Å². The van der Waals surface area contributed by atoms with Gasteiger partial charge in [0.05, 0.1) is 7.11 Å². The summed E-state index contributed by atoms with van der Waals surface area (Å²) < 4.78 is 4.95. The smallest absolute Gasteiger partial charge is 0.333 e. The lowest BCUT2D eigenvalue weighted by Gasteiger charge is -2.46. The van der Waals surface area contributed by atoms with Crippen LogP contribution in [0.5, 0.6) is 0 Å². The van der Waals surface area contributed by atoms with E-state index in [1.165, 1.54) is 32.8 Å². The molecular weight excluding hydrogens is 200 g/mol. The first-order chi connectivity index (χ1) is 7.81. The molecule has 2 heteroatoms. The van der Waals surface area contributed by atoms with Crippen LogP contribution in [0, 0.1) is 35.5 Å². The molecule has 0 radical (unpaired) electrons. The van der Waals surface area contributed by atoms with Gasteiger partial charge in [0, 0.05) is 5.57 Å². The summed E-state index contributed by atoms with van der Waals surface area (Å²) in [5.74, 6) is 4.67. The number of ether oxygens (including phenoxy) is 1. The standard InChI is InChI=1S/C14H18O2/c1-16-14(15)12-6-11-7-2-3-8(11)10-5-4-9(7)13(10)12/h6-11,13H,2-5H2,1H3/t7-,8+,9+,10-,11?,13?. The third-order valence-corrected chi connectivity index (χ3v) is 5.83. The summed E-state index contributed by atoms with van der Waals surface area (Å²) in [5, 5.41) is 0. The van der Waals surface area contributed by atoms with E-state index >= 15 is 0 Å². The molecule has 0 amide bonds. The number of carbonyl (C=O) groups excluding carboxylic acids is 1. The van der Waals surface area contributed by atoms with Crippen LogP contribution in [0.25, 0.3) is 0 Å². The maximum absolute atomic E-state index is 11.8. The number of hydrogen-bond donors (Lipinski definition) is 0.